The van der Waals surface area contributed by atoms with Crippen molar-refractivity contribution in [2.24, 2.45) is 5.73 Å². The van der Waals surface area contributed by atoms with E-state index < -0.39 is 0 Å². The van der Waals surface area contributed by atoms with Gasteiger partial charge in [0, 0.05) is 25.1 Å². The van der Waals surface area contributed by atoms with Gasteiger partial charge in [0.05, 0.1) is 11.4 Å². The number of aromatic nitrogens is 4. The molecule has 2 heterocycles. The van der Waals surface area contributed by atoms with Crippen LogP contribution in [0.15, 0.2) is 55.0 Å². The second-order valence-electron chi connectivity index (χ2n) is 4.98. The lowest BCUT2D eigenvalue weighted by Crippen LogP contribution is -2.18. The SMILES string of the molecule is CCCn1ccnc1C(N)c1ccn(-c2ccccc2)n1. The van der Waals surface area contributed by atoms with Gasteiger partial charge < -0.3 is 10.3 Å². The molecule has 1 unspecified atom stereocenters. The summed E-state index contributed by atoms with van der Waals surface area (Å²) in [7, 11) is 0. The third-order valence-corrected chi connectivity index (χ3v) is 3.44. The van der Waals surface area contributed by atoms with Gasteiger partial charge in [-0.05, 0) is 24.6 Å². The van der Waals surface area contributed by atoms with Crippen molar-refractivity contribution in [3.63, 3.8) is 0 Å². The Labute approximate surface area is 124 Å². The average Bonchev–Trinajstić information content (AvgIpc) is 3.17. The Hall–Kier alpha value is -2.40. The highest BCUT2D eigenvalue weighted by Crippen LogP contribution is 2.18. The molecule has 0 saturated carbocycles. The molecule has 0 spiro atoms. The van der Waals surface area contributed by atoms with Gasteiger partial charge in [0.2, 0.25) is 0 Å². The van der Waals surface area contributed by atoms with Crippen LogP contribution in [-0.4, -0.2) is 19.3 Å². The van der Waals surface area contributed by atoms with Crippen molar-refractivity contribution in [3.8, 4) is 5.69 Å². The summed E-state index contributed by atoms with van der Waals surface area (Å²) in [6.45, 7) is 3.06. The number of imidazole rings is 1. The lowest BCUT2D eigenvalue weighted by atomic mass is 10.2. The minimum atomic E-state index is -0.309. The van der Waals surface area contributed by atoms with Crippen molar-refractivity contribution in [1.82, 2.24) is 19.3 Å². The molecule has 0 radical (unpaired) electrons. The minimum Gasteiger partial charge on any atom is -0.333 e. The average molecular weight is 281 g/mol. The summed E-state index contributed by atoms with van der Waals surface area (Å²) in [4.78, 5) is 4.38. The van der Waals surface area contributed by atoms with Crippen LogP contribution in [0.4, 0.5) is 0 Å². The van der Waals surface area contributed by atoms with Crippen LogP contribution in [0.3, 0.4) is 0 Å². The number of nitrogens with two attached hydrogens (primary N) is 1. The van der Waals surface area contributed by atoms with E-state index in [9.17, 15) is 0 Å². The molecule has 1 atom stereocenters. The molecule has 2 aromatic heterocycles. The van der Waals surface area contributed by atoms with E-state index in [4.69, 9.17) is 5.73 Å². The van der Waals surface area contributed by atoms with Crippen LogP contribution in [0.1, 0.15) is 30.9 Å². The molecule has 0 fully saturated rings. The van der Waals surface area contributed by atoms with E-state index in [1.54, 1.807) is 6.20 Å². The maximum absolute atomic E-state index is 6.32. The fourth-order valence-corrected chi connectivity index (χ4v) is 2.39. The van der Waals surface area contributed by atoms with Gasteiger partial charge in [-0.2, -0.15) is 5.10 Å². The van der Waals surface area contributed by atoms with Crippen LogP contribution in [0.2, 0.25) is 0 Å². The van der Waals surface area contributed by atoms with Gasteiger partial charge in [0.25, 0.3) is 0 Å². The van der Waals surface area contributed by atoms with E-state index in [-0.39, 0.29) is 6.04 Å². The second kappa shape index (κ2) is 5.93. The summed E-state index contributed by atoms with van der Waals surface area (Å²) in [5, 5.41) is 4.58. The normalized spacial score (nSPS) is 12.5. The Morgan fingerprint density at radius 3 is 2.71 bits per heavy atom. The van der Waals surface area contributed by atoms with Crippen LogP contribution < -0.4 is 5.73 Å². The van der Waals surface area contributed by atoms with Crippen molar-refractivity contribution >= 4 is 0 Å². The Balaban J connectivity index is 1.87. The van der Waals surface area contributed by atoms with Gasteiger partial charge in [-0.1, -0.05) is 25.1 Å². The molecule has 0 amide bonds. The van der Waals surface area contributed by atoms with Gasteiger partial charge in [0.1, 0.15) is 11.9 Å². The van der Waals surface area contributed by atoms with Crippen LogP contribution in [0, 0.1) is 0 Å². The molecule has 108 valence electrons. The molecule has 0 aliphatic rings. The standard InChI is InChI=1S/C16H19N5/c1-2-10-20-12-9-18-16(20)15(17)14-8-11-21(19-14)13-6-4-3-5-7-13/h3-9,11-12,15H,2,10,17H2,1H3. The third-order valence-electron chi connectivity index (χ3n) is 3.44. The van der Waals surface area contributed by atoms with Crippen LogP contribution in [0.25, 0.3) is 5.69 Å². The van der Waals surface area contributed by atoms with E-state index in [1.807, 2.05) is 53.5 Å². The third kappa shape index (κ3) is 2.73. The summed E-state index contributed by atoms with van der Waals surface area (Å²) in [5.41, 5.74) is 8.17. The number of rotatable bonds is 5. The molecule has 5 heteroatoms. The van der Waals surface area contributed by atoms with Gasteiger partial charge in [-0.15, -0.1) is 0 Å². The smallest absolute Gasteiger partial charge is 0.131 e. The summed E-state index contributed by atoms with van der Waals surface area (Å²) in [6, 6.07) is 11.6. The zero-order valence-electron chi connectivity index (χ0n) is 12.1. The largest absolute Gasteiger partial charge is 0.333 e. The number of hydrogen-bond donors (Lipinski definition) is 1. The van der Waals surface area contributed by atoms with E-state index in [0.717, 1.165) is 30.2 Å². The summed E-state index contributed by atoms with van der Waals surface area (Å²) in [6.07, 6.45) is 6.73. The Kier molecular flexibility index (Phi) is 3.83. The quantitative estimate of drug-likeness (QED) is 0.781. The molecule has 0 bridgehead atoms. The van der Waals surface area contributed by atoms with Crippen LogP contribution >= 0.6 is 0 Å². The molecular weight excluding hydrogens is 262 g/mol. The Morgan fingerprint density at radius 1 is 1.14 bits per heavy atom. The Bertz CT molecular complexity index is 698. The molecule has 3 aromatic rings. The first-order valence-electron chi connectivity index (χ1n) is 7.17. The number of nitrogens with zero attached hydrogens (tertiary/aromatic N) is 4. The second-order valence-corrected chi connectivity index (χ2v) is 4.98. The van der Waals surface area contributed by atoms with Crippen molar-refractivity contribution in [2.75, 3.05) is 0 Å². The molecule has 0 saturated heterocycles. The van der Waals surface area contributed by atoms with Crippen molar-refractivity contribution in [1.29, 1.82) is 0 Å². The maximum atomic E-state index is 6.32. The van der Waals surface area contributed by atoms with E-state index in [2.05, 4.69) is 21.6 Å². The topological polar surface area (TPSA) is 61.7 Å². The summed E-state index contributed by atoms with van der Waals surface area (Å²) >= 11 is 0. The molecule has 3 rings (SSSR count). The highest BCUT2D eigenvalue weighted by atomic mass is 15.3. The fraction of sp³-hybridized carbons (Fsp3) is 0.250. The maximum Gasteiger partial charge on any atom is 0.131 e. The first-order valence-corrected chi connectivity index (χ1v) is 7.17. The Morgan fingerprint density at radius 2 is 1.95 bits per heavy atom. The summed E-state index contributed by atoms with van der Waals surface area (Å²) in [5.74, 6) is 0.857. The van der Waals surface area contributed by atoms with Gasteiger partial charge >= 0.3 is 0 Å². The van der Waals surface area contributed by atoms with Gasteiger partial charge in [0.15, 0.2) is 0 Å². The molecular formula is C16H19N5. The number of aryl methyl sites for hydroxylation is 1. The number of hydrogen-bond acceptors (Lipinski definition) is 3. The van der Waals surface area contributed by atoms with Crippen LogP contribution in [-0.2, 0) is 6.54 Å². The molecule has 2 N–H and O–H groups in total. The van der Waals surface area contributed by atoms with Crippen molar-refractivity contribution in [3.05, 3.63) is 66.5 Å². The molecule has 1 aromatic carbocycles. The van der Waals surface area contributed by atoms with E-state index >= 15 is 0 Å². The van der Waals surface area contributed by atoms with Crippen molar-refractivity contribution < 1.29 is 0 Å². The van der Waals surface area contributed by atoms with E-state index in [0.29, 0.717) is 0 Å². The fourth-order valence-electron chi connectivity index (χ4n) is 2.39. The number of para-hydroxylation sites is 1. The molecule has 21 heavy (non-hydrogen) atoms. The lowest BCUT2D eigenvalue weighted by Gasteiger charge is -2.11. The zero-order valence-corrected chi connectivity index (χ0v) is 12.1. The molecule has 0 aliphatic heterocycles. The monoisotopic (exact) mass is 281 g/mol. The lowest BCUT2D eigenvalue weighted by molar-refractivity contribution is 0.604. The van der Waals surface area contributed by atoms with Crippen molar-refractivity contribution in [2.45, 2.75) is 25.9 Å². The van der Waals surface area contributed by atoms with Crippen LogP contribution in [0.5, 0.6) is 0 Å². The number of benzene rings is 1. The van der Waals surface area contributed by atoms with Gasteiger partial charge in [-0.3, -0.25) is 0 Å². The van der Waals surface area contributed by atoms with Gasteiger partial charge in [-0.25, -0.2) is 9.67 Å². The zero-order chi connectivity index (χ0) is 14.7. The summed E-state index contributed by atoms with van der Waals surface area (Å²) < 4.78 is 3.93. The first kappa shape index (κ1) is 13.6. The first-order chi connectivity index (χ1) is 10.3. The highest BCUT2D eigenvalue weighted by molar-refractivity contribution is 5.31. The molecule has 5 nitrogen and oxygen atoms in total. The predicted octanol–water partition coefficient (Wildman–Crippen LogP) is 2.53. The minimum absolute atomic E-state index is 0.309. The predicted molar refractivity (Wildman–Crippen MR) is 82.1 cm³/mol. The molecule has 0 aliphatic carbocycles. The van der Waals surface area contributed by atoms with E-state index in [1.165, 1.54) is 0 Å². The highest BCUT2D eigenvalue weighted by Gasteiger charge is 2.17.